The molecule has 0 amide bonds. The largest absolute Gasteiger partial charge is 0.370 e. The predicted octanol–water partition coefficient (Wildman–Crippen LogP) is 6.13. The molecular formula is C26H32BrF2N7. The Morgan fingerprint density at radius 3 is 2.22 bits per heavy atom. The van der Waals surface area contributed by atoms with Crippen LogP contribution in [0, 0.1) is 5.41 Å². The molecule has 2 saturated heterocycles. The van der Waals surface area contributed by atoms with E-state index in [0.717, 1.165) is 28.9 Å². The number of hydrogen-bond acceptors (Lipinski definition) is 6. The van der Waals surface area contributed by atoms with Gasteiger partial charge >= 0.3 is 0 Å². The quantitative estimate of drug-likeness (QED) is 0.383. The molecule has 7 nitrogen and oxygen atoms in total. The highest BCUT2D eigenvalue weighted by Gasteiger charge is 2.44. The Kier molecular flexibility index (Phi) is 6.98. The number of alkyl halides is 2. The number of halogens is 3. The van der Waals surface area contributed by atoms with E-state index in [2.05, 4.69) is 53.2 Å². The number of rotatable bonds is 4. The number of aromatic nitrogens is 5. The molecule has 0 bridgehead atoms. The zero-order valence-corrected chi connectivity index (χ0v) is 22.4. The number of hydrogen-bond donors (Lipinski definition) is 0. The predicted molar refractivity (Wildman–Crippen MR) is 141 cm³/mol. The van der Waals surface area contributed by atoms with Crippen molar-refractivity contribution in [2.45, 2.75) is 58.3 Å². The Bertz CT molecular complexity index is 1190. The second kappa shape index (κ2) is 10.0. The van der Waals surface area contributed by atoms with Crippen LogP contribution in [0.3, 0.4) is 0 Å². The Hall–Kier alpha value is -2.62. The zero-order chi connectivity index (χ0) is 25.3. The van der Waals surface area contributed by atoms with Gasteiger partial charge in [0.15, 0.2) is 0 Å². The molecule has 1 spiro atoms. The molecule has 1 saturated carbocycles. The van der Waals surface area contributed by atoms with Crippen LogP contribution in [0.25, 0.3) is 17.1 Å². The molecule has 1 aliphatic carbocycles. The van der Waals surface area contributed by atoms with E-state index in [-0.39, 0.29) is 25.9 Å². The van der Waals surface area contributed by atoms with Crippen molar-refractivity contribution in [1.29, 1.82) is 0 Å². The van der Waals surface area contributed by atoms with E-state index in [1.807, 2.05) is 31.0 Å². The highest BCUT2D eigenvalue weighted by atomic mass is 79.9. The molecule has 0 radical (unpaired) electrons. The molecule has 1 aromatic carbocycles. The van der Waals surface area contributed by atoms with Crippen LogP contribution in [-0.4, -0.2) is 57.1 Å². The summed E-state index contributed by atoms with van der Waals surface area (Å²) in [6, 6.07) is 6.21. The van der Waals surface area contributed by atoms with Crippen LogP contribution < -0.4 is 9.80 Å². The van der Waals surface area contributed by atoms with E-state index in [9.17, 15) is 8.78 Å². The van der Waals surface area contributed by atoms with Crippen molar-refractivity contribution in [3.05, 3.63) is 41.3 Å². The summed E-state index contributed by atoms with van der Waals surface area (Å²) in [5.74, 6) is -2.01. The minimum atomic E-state index is -2.60. The molecule has 3 fully saturated rings. The second-order valence-electron chi connectivity index (χ2n) is 9.77. The molecule has 3 aliphatic rings. The van der Waals surface area contributed by atoms with Crippen molar-refractivity contribution in [1.82, 2.24) is 25.0 Å². The molecule has 2 aromatic heterocycles. The molecule has 0 N–H and O–H groups in total. The summed E-state index contributed by atoms with van der Waals surface area (Å²) in [6.45, 7) is 6.62. The van der Waals surface area contributed by atoms with Crippen molar-refractivity contribution in [2.75, 3.05) is 36.0 Å². The number of benzene rings is 1. The number of piperidine rings is 2. The fourth-order valence-corrected chi connectivity index (χ4v) is 5.38. The first-order chi connectivity index (χ1) is 17.4. The number of anilines is 2. The van der Waals surface area contributed by atoms with Crippen LogP contribution >= 0.6 is 15.9 Å². The molecule has 4 heterocycles. The third kappa shape index (κ3) is 5.23. The molecule has 2 aliphatic heterocycles. The first-order valence-electron chi connectivity index (χ1n) is 12.8. The fraction of sp³-hybridized carbons (Fsp3) is 0.538. The molecule has 6 rings (SSSR count). The van der Waals surface area contributed by atoms with E-state index in [1.165, 1.54) is 25.7 Å². The van der Waals surface area contributed by atoms with Gasteiger partial charge in [0.2, 0.25) is 0 Å². The highest BCUT2D eigenvalue weighted by Crippen LogP contribution is 2.54. The van der Waals surface area contributed by atoms with Gasteiger partial charge < -0.3 is 9.80 Å². The van der Waals surface area contributed by atoms with Crippen LogP contribution in [-0.2, 0) is 0 Å². The highest BCUT2D eigenvalue weighted by molar-refractivity contribution is 9.10. The summed E-state index contributed by atoms with van der Waals surface area (Å²) in [4.78, 5) is 13.2. The first-order valence-corrected chi connectivity index (χ1v) is 13.6. The second-order valence-corrected chi connectivity index (χ2v) is 10.7. The summed E-state index contributed by atoms with van der Waals surface area (Å²) in [5, 5.41) is 8.75. The van der Waals surface area contributed by atoms with E-state index in [0.29, 0.717) is 22.6 Å². The van der Waals surface area contributed by atoms with Crippen LogP contribution in [0.5, 0.6) is 0 Å². The maximum atomic E-state index is 13.5. The monoisotopic (exact) mass is 559 g/mol. The third-order valence-electron chi connectivity index (χ3n) is 7.50. The molecule has 0 atom stereocenters. The molecular weight excluding hydrogens is 528 g/mol. The average molecular weight is 560 g/mol. The van der Waals surface area contributed by atoms with Crippen molar-refractivity contribution in [3.8, 4) is 17.1 Å². The van der Waals surface area contributed by atoms with E-state index < -0.39 is 5.92 Å². The van der Waals surface area contributed by atoms with Gasteiger partial charge in [-0.1, -0.05) is 35.0 Å². The molecule has 0 unspecified atom stereocenters. The van der Waals surface area contributed by atoms with Gasteiger partial charge in [-0.25, -0.2) is 18.4 Å². The van der Waals surface area contributed by atoms with E-state index >= 15 is 0 Å². The van der Waals surface area contributed by atoms with Gasteiger partial charge in [0.25, 0.3) is 5.92 Å². The van der Waals surface area contributed by atoms with Crippen molar-refractivity contribution in [3.63, 3.8) is 0 Å². The Morgan fingerprint density at radius 2 is 1.53 bits per heavy atom. The minimum absolute atomic E-state index is 0.168. The number of nitrogens with zero attached hydrogens (tertiary/aromatic N) is 7. The summed E-state index contributed by atoms with van der Waals surface area (Å²) in [5.41, 5.74) is 3.89. The summed E-state index contributed by atoms with van der Waals surface area (Å²) in [7, 11) is 0. The van der Waals surface area contributed by atoms with Gasteiger partial charge in [0.05, 0.1) is 30.0 Å². The Balaban J connectivity index is 0.00000130. The summed E-state index contributed by atoms with van der Waals surface area (Å²) in [6.07, 6.45) is 10.0. The fourth-order valence-electron chi connectivity index (χ4n) is 5.04. The van der Waals surface area contributed by atoms with Crippen LogP contribution in [0.4, 0.5) is 20.3 Å². The van der Waals surface area contributed by atoms with Crippen LogP contribution in [0.1, 0.15) is 52.4 Å². The van der Waals surface area contributed by atoms with Gasteiger partial charge in [-0.15, -0.1) is 5.10 Å². The van der Waals surface area contributed by atoms with Crippen molar-refractivity contribution in [2.24, 2.45) is 5.41 Å². The van der Waals surface area contributed by atoms with E-state index in [4.69, 9.17) is 0 Å². The molecule has 3 aromatic rings. The SMILES string of the molecule is CC.FC1(F)CCN(c2cncc(-c3cn(-c4ccc(Br)cc4N4CCC5(CC4)CC5)nn3)n2)CC1. The smallest absolute Gasteiger partial charge is 0.251 e. The lowest BCUT2D eigenvalue weighted by Crippen LogP contribution is -2.39. The maximum Gasteiger partial charge on any atom is 0.251 e. The summed E-state index contributed by atoms with van der Waals surface area (Å²) >= 11 is 3.62. The topological polar surface area (TPSA) is 63.0 Å². The standard InChI is InChI=1S/C24H26BrF2N7.C2H6/c25-17-1-2-20(21(13-17)32-9-5-23(3-4-23)6-10-32)34-16-19(30-31-34)18-14-28-15-22(29-18)33-11-7-24(26,27)8-12-33;1-2/h1-2,13-16H,3-12H2;1-2H3. The van der Waals surface area contributed by atoms with Crippen molar-refractivity contribution >= 4 is 27.4 Å². The minimum Gasteiger partial charge on any atom is -0.370 e. The normalized spacial score (nSPS) is 20.1. The first kappa shape index (κ1) is 25.0. The molecule has 192 valence electrons. The Labute approximate surface area is 219 Å². The van der Waals surface area contributed by atoms with Crippen molar-refractivity contribution < 1.29 is 8.78 Å². The lowest BCUT2D eigenvalue weighted by Gasteiger charge is -2.35. The third-order valence-corrected chi connectivity index (χ3v) is 8.00. The Morgan fingerprint density at radius 1 is 0.833 bits per heavy atom. The zero-order valence-electron chi connectivity index (χ0n) is 20.8. The van der Waals surface area contributed by atoms with Gasteiger partial charge in [-0.05, 0) is 49.3 Å². The van der Waals surface area contributed by atoms with Gasteiger partial charge in [0.1, 0.15) is 17.2 Å². The van der Waals surface area contributed by atoms with Crippen LogP contribution in [0.2, 0.25) is 0 Å². The summed E-state index contributed by atoms with van der Waals surface area (Å²) < 4.78 is 29.9. The lowest BCUT2D eigenvalue weighted by molar-refractivity contribution is -0.0221. The van der Waals surface area contributed by atoms with E-state index in [1.54, 1.807) is 17.1 Å². The molecule has 36 heavy (non-hydrogen) atoms. The molecule has 10 heteroatoms. The lowest BCUT2D eigenvalue weighted by atomic mass is 9.93. The van der Waals surface area contributed by atoms with Gasteiger partial charge in [-0.3, -0.25) is 4.98 Å². The van der Waals surface area contributed by atoms with Crippen LogP contribution in [0.15, 0.2) is 41.3 Å². The van der Waals surface area contributed by atoms with Gasteiger partial charge in [-0.2, -0.15) is 0 Å². The maximum absolute atomic E-state index is 13.5. The average Bonchev–Trinajstić information content (AvgIpc) is 3.46. The van der Waals surface area contributed by atoms with Gasteiger partial charge in [0, 0.05) is 43.5 Å².